The van der Waals surface area contributed by atoms with E-state index in [-0.39, 0.29) is 30.6 Å². The average Bonchev–Trinajstić information content (AvgIpc) is 2.68. The molecule has 9 heteroatoms. The van der Waals surface area contributed by atoms with Crippen molar-refractivity contribution in [3.05, 3.63) is 35.4 Å². The molecule has 0 unspecified atom stereocenters. The van der Waals surface area contributed by atoms with Gasteiger partial charge in [-0.05, 0) is 43.9 Å². The second kappa shape index (κ2) is 14.1. The molecule has 1 aromatic rings. The van der Waals surface area contributed by atoms with Crippen LogP contribution in [-0.2, 0) is 17.9 Å². The summed E-state index contributed by atoms with van der Waals surface area (Å²) < 4.78 is 41.1. The predicted octanol–water partition coefficient (Wildman–Crippen LogP) is 4.31. The predicted molar refractivity (Wildman–Crippen MR) is 125 cm³/mol. The molecule has 0 aromatic heterocycles. The molecule has 0 spiro atoms. The fraction of sp³-hybridized carbons (Fsp3) is 0.667. The number of guanidine groups is 1. The Morgan fingerprint density at radius 3 is 2.33 bits per heavy atom. The molecular formula is C21H34F3IN4O. The van der Waals surface area contributed by atoms with Crippen LogP contribution in [0.15, 0.2) is 29.3 Å². The van der Waals surface area contributed by atoms with E-state index in [1.54, 1.807) is 12.1 Å². The number of ether oxygens (including phenoxy) is 1. The van der Waals surface area contributed by atoms with Gasteiger partial charge in [0.05, 0.1) is 13.2 Å². The van der Waals surface area contributed by atoms with Gasteiger partial charge in [-0.3, -0.25) is 0 Å². The number of halogens is 4. The number of likely N-dealkylation sites (tertiary alicyclic amines) is 1. The molecule has 1 heterocycles. The van der Waals surface area contributed by atoms with E-state index in [0.29, 0.717) is 18.2 Å². The van der Waals surface area contributed by atoms with Gasteiger partial charge >= 0.3 is 6.18 Å². The fourth-order valence-corrected chi connectivity index (χ4v) is 3.33. The molecule has 30 heavy (non-hydrogen) atoms. The average molecular weight is 542 g/mol. The van der Waals surface area contributed by atoms with Gasteiger partial charge in [0.1, 0.15) is 6.61 Å². The van der Waals surface area contributed by atoms with Crippen LogP contribution < -0.4 is 10.6 Å². The second-order valence-electron chi connectivity index (χ2n) is 7.38. The van der Waals surface area contributed by atoms with Crippen LogP contribution in [0.5, 0.6) is 0 Å². The summed E-state index contributed by atoms with van der Waals surface area (Å²) in [4.78, 5) is 7.16. The van der Waals surface area contributed by atoms with Gasteiger partial charge in [0.25, 0.3) is 0 Å². The van der Waals surface area contributed by atoms with Crippen LogP contribution in [0, 0.1) is 0 Å². The van der Waals surface area contributed by atoms with Gasteiger partial charge < -0.3 is 20.3 Å². The molecule has 0 saturated carbocycles. The summed E-state index contributed by atoms with van der Waals surface area (Å²) in [7, 11) is 0. The summed E-state index contributed by atoms with van der Waals surface area (Å²) in [5.74, 6) is 0.805. The quantitative estimate of drug-likeness (QED) is 0.278. The van der Waals surface area contributed by atoms with Crippen molar-refractivity contribution in [1.29, 1.82) is 0 Å². The van der Waals surface area contributed by atoms with Crippen LogP contribution in [0.2, 0.25) is 0 Å². The minimum Gasteiger partial charge on any atom is -0.367 e. The van der Waals surface area contributed by atoms with Crippen molar-refractivity contribution >= 4 is 29.9 Å². The zero-order valence-electron chi connectivity index (χ0n) is 17.8. The molecule has 1 saturated heterocycles. The van der Waals surface area contributed by atoms with E-state index in [2.05, 4.69) is 32.2 Å². The van der Waals surface area contributed by atoms with Crippen LogP contribution in [0.1, 0.15) is 44.2 Å². The van der Waals surface area contributed by atoms with Crippen molar-refractivity contribution in [2.24, 2.45) is 4.99 Å². The highest BCUT2D eigenvalue weighted by Crippen LogP contribution is 2.16. The Bertz CT molecular complexity index is 618. The van der Waals surface area contributed by atoms with Gasteiger partial charge in [-0.2, -0.15) is 13.2 Å². The number of hydrogen-bond donors (Lipinski definition) is 2. The molecule has 2 rings (SSSR count). The first-order valence-corrected chi connectivity index (χ1v) is 10.4. The molecule has 172 valence electrons. The highest BCUT2D eigenvalue weighted by molar-refractivity contribution is 14.0. The first-order valence-electron chi connectivity index (χ1n) is 10.4. The lowest BCUT2D eigenvalue weighted by molar-refractivity contribution is -0.176. The number of alkyl halides is 3. The Hall–Kier alpha value is -1.07. The summed E-state index contributed by atoms with van der Waals surface area (Å²) in [6, 6.07) is 7.75. The molecule has 2 N–H and O–H groups in total. The molecule has 0 amide bonds. The third-order valence-electron chi connectivity index (χ3n) is 4.79. The third-order valence-corrected chi connectivity index (χ3v) is 4.79. The van der Waals surface area contributed by atoms with Gasteiger partial charge in [0.15, 0.2) is 5.96 Å². The molecule has 0 radical (unpaired) electrons. The van der Waals surface area contributed by atoms with Gasteiger partial charge in [-0.1, -0.05) is 31.2 Å². The summed E-state index contributed by atoms with van der Waals surface area (Å²) in [6.07, 6.45) is -0.888. The van der Waals surface area contributed by atoms with Crippen molar-refractivity contribution in [3.8, 4) is 0 Å². The van der Waals surface area contributed by atoms with E-state index in [1.165, 1.54) is 6.42 Å². The number of benzene rings is 1. The minimum absolute atomic E-state index is 0. The zero-order valence-corrected chi connectivity index (χ0v) is 20.1. The third kappa shape index (κ3) is 10.8. The number of nitrogens with one attached hydrogen (secondary N) is 2. The van der Waals surface area contributed by atoms with Gasteiger partial charge in [-0.25, -0.2) is 4.99 Å². The SMILES string of the molecule is CCCN1CCC(NC(=NCc2ccc(COCC(F)(F)F)cc2)NCC)CC1.I. The zero-order chi connectivity index (χ0) is 21.1. The number of aliphatic imine (C=N–C) groups is 1. The monoisotopic (exact) mass is 542 g/mol. The molecule has 1 aliphatic heterocycles. The Kier molecular flexibility index (Phi) is 12.7. The lowest BCUT2D eigenvalue weighted by atomic mass is 10.1. The largest absolute Gasteiger partial charge is 0.411 e. The van der Waals surface area contributed by atoms with Gasteiger partial charge in [0, 0.05) is 25.7 Å². The lowest BCUT2D eigenvalue weighted by Crippen LogP contribution is -2.48. The second-order valence-corrected chi connectivity index (χ2v) is 7.38. The molecule has 5 nitrogen and oxygen atoms in total. The maximum Gasteiger partial charge on any atom is 0.411 e. The van der Waals surface area contributed by atoms with Crippen molar-refractivity contribution in [2.75, 3.05) is 32.8 Å². The van der Waals surface area contributed by atoms with Gasteiger partial charge in [-0.15, -0.1) is 24.0 Å². The first-order chi connectivity index (χ1) is 13.9. The van der Waals surface area contributed by atoms with Crippen LogP contribution >= 0.6 is 24.0 Å². The summed E-state index contributed by atoms with van der Waals surface area (Å²) in [5.41, 5.74) is 1.71. The maximum absolute atomic E-state index is 12.1. The van der Waals surface area contributed by atoms with E-state index in [4.69, 9.17) is 0 Å². The summed E-state index contributed by atoms with van der Waals surface area (Å²) >= 11 is 0. The Morgan fingerprint density at radius 2 is 1.77 bits per heavy atom. The summed E-state index contributed by atoms with van der Waals surface area (Å²) in [6.45, 7) is 7.66. The fourth-order valence-electron chi connectivity index (χ4n) is 3.33. The molecule has 1 fully saturated rings. The van der Waals surface area contributed by atoms with E-state index in [9.17, 15) is 13.2 Å². The highest BCUT2D eigenvalue weighted by atomic mass is 127. The number of hydrogen-bond acceptors (Lipinski definition) is 3. The van der Waals surface area contributed by atoms with Crippen LogP contribution in [-0.4, -0.2) is 55.9 Å². The maximum atomic E-state index is 12.1. The lowest BCUT2D eigenvalue weighted by Gasteiger charge is -2.32. The molecular weight excluding hydrogens is 508 g/mol. The van der Waals surface area contributed by atoms with Crippen LogP contribution in [0.4, 0.5) is 13.2 Å². The Balaban J connectivity index is 0.00000450. The smallest absolute Gasteiger partial charge is 0.367 e. The number of rotatable bonds is 9. The number of nitrogens with zero attached hydrogens (tertiary/aromatic N) is 2. The standard InChI is InChI=1S/C21H33F3N4O.HI/c1-3-11-28-12-9-19(10-13-28)27-20(25-4-2)26-14-17-5-7-18(8-6-17)15-29-16-21(22,23)24;/h5-8,19H,3-4,9-16H2,1-2H3,(H2,25,26,27);1H. The van der Waals surface area contributed by atoms with E-state index in [1.807, 2.05) is 19.1 Å². The Morgan fingerprint density at radius 1 is 1.13 bits per heavy atom. The molecule has 1 aliphatic rings. The van der Waals surface area contributed by atoms with Crippen molar-refractivity contribution in [1.82, 2.24) is 15.5 Å². The van der Waals surface area contributed by atoms with Crippen LogP contribution in [0.25, 0.3) is 0 Å². The van der Waals surface area contributed by atoms with Gasteiger partial charge in [0.2, 0.25) is 0 Å². The van der Waals surface area contributed by atoms with Crippen molar-refractivity contribution < 1.29 is 17.9 Å². The first kappa shape index (κ1) is 27.0. The van der Waals surface area contributed by atoms with Crippen molar-refractivity contribution in [3.63, 3.8) is 0 Å². The van der Waals surface area contributed by atoms with Crippen molar-refractivity contribution in [2.45, 2.75) is 58.5 Å². The highest BCUT2D eigenvalue weighted by Gasteiger charge is 2.27. The van der Waals surface area contributed by atoms with E-state index in [0.717, 1.165) is 50.5 Å². The minimum atomic E-state index is -4.29. The normalized spacial score (nSPS) is 16.2. The van der Waals surface area contributed by atoms with E-state index >= 15 is 0 Å². The molecule has 0 atom stereocenters. The Labute approximate surface area is 194 Å². The molecule has 0 aliphatic carbocycles. The summed E-state index contributed by atoms with van der Waals surface area (Å²) in [5, 5.41) is 6.82. The van der Waals surface area contributed by atoms with E-state index < -0.39 is 12.8 Å². The van der Waals surface area contributed by atoms with Crippen LogP contribution in [0.3, 0.4) is 0 Å². The topological polar surface area (TPSA) is 48.9 Å². The molecule has 0 bridgehead atoms. The number of piperidine rings is 1. The molecule has 1 aromatic carbocycles.